The van der Waals surface area contributed by atoms with Crippen LogP contribution in [0, 0.1) is 0 Å². The molecule has 4 rings (SSSR count). The van der Waals surface area contributed by atoms with Gasteiger partial charge in [0.15, 0.2) is 0 Å². The van der Waals surface area contributed by atoms with Crippen molar-refractivity contribution in [2.24, 2.45) is 0 Å². The largest absolute Gasteiger partial charge is 0.379 e. The van der Waals surface area contributed by atoms with E-state index in [1.165, 1.54) is 23.2 Å². The van der Waals surface area contributed by atoms with Gasteiger partial charge in [0.2, 0.25) is 0 Å². The molecule has 0 amide bonds. The summed E-state index contributed by atoms with van der Waals surface area (Å²) in [4.78, 5) is 9.64. The first-order valence-electron chi connectivity index (χ1n) is 7.81. The van der Waals surface area contributed by atoms with Gasteiger partial charge in [-0.2, -0.15) is 0 Å². The SMILES string of the molecule is c1cc(N2CCCC(N3CCOCC3)C2)c2sccc2n1. The monoisotopic (exact) mass is 303 g/mol. The number of morpholine rings is 1. The summed E-state index contributed by atoms with van der Waals surface area (Å²) in [5, 5.41) is 2.14. The van der Waals surface area contributed by atoms with Gasteiger partial charge in [0, 0.05) is 38.4 Å². The Morgan fingerprint density at radius 3 is 3.00 bits per heavy atom. The summed E-state index contributed by atoms with van der Waals surface area (Å²) in [6.07, 6.45) is 4.54. The highest BCUT2D eigenvalue weighted by Gasteiger charge is 2.27. The molecule has 0 N–H and O–H groups in total. The molecule has 0 radical (unpaired) electrons. The van der Waals surface area contributed by atoms with Gasteiger partial charge in [0.05, 0.1) is 29.1 Å². The summed E-state index contributed by atoms with van der Waals surface area (Å²) in [5.74, 6) is 0. The normalized spacial score (nSPS) is 24.6. The Morgan fingerprint density at radius 2 is 2.10 bits per heavy atom. The highest BCUT2D eigenvalue weighted by molar-refractivity contribution is 7.17. The number of hydrogen-bond acceptors (Lipinski definition) is 5. The van der Waals surface area contributed by atoms with Crippen LogP contribution in [-0.4, -0.2) is 55.3 Å². The minimum atomic E-state index is 0.672. The number of pyridine rings is 1. The van der Waals surface area contributed by atoms with E-state index in [-0.39, 0.29) is 0 Å². The molecule has 4 heterocycles. The van der Waals surface area contributed by atoms with E-state index in [1.807, 2.05) is 6.20 Å². The number of nitrogens with zero attached hydrogens (tertiary/aromatic N) is 3. The number of hydrogen-bond donors (Lipinski definition) is 0. The summed E-state index contributed by atoms with van der Waals surface area (Å²) in [5.41, 5.74) is 2.50. The molecule has 2 aromatic rings. The van der Waals surface area contributed by atoms with Crippen molar-refractivity contribution in [3.05, 3.63) is 23.7 Å². The van der Waals surface area contributed by atoms with Crippen molar-refractivity contribution >= 4 is 27.2 Å². The molecular formula is C16H21N3OS. The average molecular weight is 303 g/mol. The van der Waals surface area contributed by atoms with E-state index in [9.17, 15) is 0 Å². The van der Waals surface area contributed by atoms with Crippen LogP contribution in [0.2, 0.25) is 0 Å². The van der Waals surface area contributed by atoms with E-state index in [2.05, 4.69) is 32.3 Å². The highest BCUT2D eigenvalue weighted by atomic mass is 32.1. The van der Waals surface area contributed by atoms with Crippen molar-refractivity contribution in [3.8, 4) is 0 Å². The predicted octanol–water partition coefficient (Wildman–Crippen LogP) is 2.60. The van der Waals surface area contributed by atoms with Crippen molar-refractivity contribution in [2.75, 3.05) is 44.3 Å². The molecule has 2 aliphatic rings. The lowest BCUT2D eigenvalue weighted by Crippen LogP contribution is -2.51. The van der Waals surface area contributed by atoms with Gasteiger partial charge in [0.25, 0.3) is 0 Å². The molecule has 4 nitrogen and oxygen atoms in total. The van der Waals surface area contributed by atoms with Crippen LogP contribution >= 0.6 is 11.3 Å². The van der Waals surface area contributed by atoms with E-state index in [0.29, 0.717) is 6.04 Å². The maximum absolute atomic E-state index is 5.49. The molecule has 112 valence electrons. The Morgan fingerprint density at radius 1 is 1.19 bits per heavy atom. The molecule has 0 saturated carbocycles. The van der Waals surface area contributed by atoms with Crippen LogP contribution in [0.1, 0.15) is 12.8 Å². The first-order valence-corrected chi connectivity index (χ1v) is 8.69. The lowest BCUT2D eigenvalue weighted by atomic mass is 10.0. The van der Waals surface area contributed by atoms with Gasteiger partial charge < -0.3 is 9.64 Å². The van der Waals surface area contributed by atoms with Crippen LogP contribution in [0.15, 0.2) is 23.7 Å². The summed E-state index contributed by atoms with van der Waals surface area (Å²) in [7, 11) is 0. The molecule has 1 unspecified atom stereocenters. The minimum absolute atomic E-state index is 0.672. The number of fused-ring (bicyclic) bond motifs is 1. The van der Waals surface area contributed by atoms with Gasteiger partial charge in [-0.15, -0.1) is 11.3 Å². The summed E-state index contributed by atoms with van der Waals surface area (Å²) in [6.45, 7) is 6.25. The molecule has 0 aromatic carbocycles. The molecule has 5 heteroatoms. The van der Waals surface area contributed by atoms with Gasteiger partial charge in [-0.05, 0) is 30.4 Å². The van der Waals surface area contributed by atoms with Gasteiger partial charge in [-0.3, -0.25) is 9.88 Å². The zero-order chi connectivity index (χ0) is 14.1. The Kier molecular flexibility index (Phi) is 3.80. The average Bonchev–Trinajstić information content (AvgIpc) is 3.04. The molecule has 21 heavy (non-hydrogen) atoms. The van der Waals surface area contributed by atoms with Crippen LogP contribution in [0.5, 0.6) is 0 Å². The van der Waals surface area contributed by atoms with E-state index in [4.69, 9.17) is 4.74 Å². The Balaban J connectivity index is 1.56. The molecular weight excluding hydrogens is 282 g/mol. The van der Waals surface area contributed by atoms with Gasteiger partial charge in [-0.1, -0.05) is 0 Å². The van der Waals surface area contributed by atoms with Crippen LogP contribution < -0.4 is 4.90 Å². The van der Waals surface area contributed by atoms with E-state index in [1.54, 1.807) is 11.3 Å². The quantitative estimate of drug-likeness (QED) is 0.852. The maximum atomic E-state index is 5.49. The highest BCUT2D eigenvalue weighted by Crippen LogP contribution is 2.32. The van der Waals surface area contributed by atoms with Gasteiger partial charge in [-0.25, -0.2) is 0 Å². The lowest BCUT2D eigenvalue weighted by molar-refractivity contribution is 0.0137. The zero-order valence-electron chi connectivity index (χ0n) is 12.2. The van der Waals surface area contributed by atoms with Crippen LogP contribution in [0.4, 0.5) is 5.69 Å². The van der Waals surface area contributed by atoms with Crippen molar-refractivity contribution in [1.82, 2.24) is 9.88 Å². The molecule has 2 fully saturated rings. The second-order valence-electron chi connectivity index (χ2n) is 5.86. The Labute approximate surface area is 129 Å². The lowest BCUT2D eigenvalue weighted by Gasteiger charge is -2.41. The first-order chi connectivity index (χ1) is 10.4. The molecule has 1 atom stereocenters. The first kappa shape index (κ1) is 13.5. The fourth-order valence-corrected chi connectivity index (χ4v) is 4.42. The smallest absolute Gasteiger partial charge is 0.0830 e. The Bertz CT molecular complexity index is 608. The number of piperidine rings is 1. The van der Waals surface area contributed by atoms with E-state index < -0.39 is 0 Å². The van der Waals surface area contributed by atoms with E-state index >= 15 is 0 Å². The number of rotatable bonds is 2. The third kappa shape index (κ3) is 2.65. The third-order valence-corrected chi connectivity index (χ3v) is 5.55. The van der Waals surface area contributed by atoms with Crippen molar-refractivity contribution in [1.29, 1.82) is 0 Å². The molecule has 2 aromatic heterocycles. The van der Waals surface area contributed by atoms with Gasteiger partial charge in [0.1, 0.15) is 0 Å². The molecule has 2 aliphatic heterocycles. The maximum Gasteiger partial charge on any atom is 0.0830 e. The standard InChI is InChI=1S/C16H21N3OS/c1-2-13(18-7-9-20-10-8-18)12-19(6-1)15-3-5-17-14-4-11-21-16(14)15/h3-5,11,13H,1-2,6-10,12H2. The predicted molar refractivity (Wildman–Crippen MR) is 87.2 cm³/mol. The van der Waals surface area contributed by atoms with Crippen molar-refractivity contribution in [3.63, 3.8) is 0 Å². The molecule has 0 aliphatic carbocycles. The topological polar surface area (TPSA) is 28.6 Å². The number of ether oxygens (including phenoxy) is 1. The molecule has 0 bridgehead atoms. The van der Waals surface area contributed by atoms with Crippen molar-refractivity contribution < 1.29 is 4.74 Å². The summed E-state index contributed by atoms with van der Waals surface area (Å²) in [6, 6.07) is 4.97. The second kappa shape index (κ2) is 5.91. The fraction of sp³-hybridized carbons (Fsp3) is 0.562. The number of aromatic nitrogens is 1. The van der Waals surface area contributed by atoms with Gasteiger partial charge >= 0.3 is 0 Å². The third-order valence-electron chi connectivity index (χ3n) is 4.62. The minimum Gasteiger partial charge on any atom is -0.379 e. The molecule has 2 saturated heterocycles. The summed E-state index contributed by atoms with van der Waals surface area (Å²) < 4.78 is 6.82. The number of anilines is 1. The second-order valence-corrected chi connectivity index (χ2v) is 6.77. The fourth-order valence-electron chi connectivity index (χ4n) is 3.52. The summed E-state index contributed by atoms with van der Waals surface area (Å²) >= 11 is 1.81. The number of thiophene rings is 1. The van der Waals surface area contributed by atoms with Crippen LogP contribution in [0.25, 0.3) is 10.2 Å². The zero-order valence-corrected chi connectivity index (χ0v) is 13.0. The van der Waals surface area contributed by atoms with Crippen LogP contribution in [-0.2, 0) is 4.74 Å². The van der Waals surface area contributed by atoms with Crippen molar-refractivity contribution in [2.45, 2.75) is 18.9 Å². The Hall–Kier alpha value is -1.17. The van der Waals surface area contributed by atoms with E-state index in [0.717, 1.165) is 44.9 Å². The van der Waals surface area contributed by atoms with Crippen LogP contribution in [0.3, 0.4) is 0 Å². The molecule has 0 spiro atoms.